The fourth-order valence-electron chi connectivity index (χ4n) is 3.39. The average molecular weight is 356 g/mol. The molecule has 3 amide bonds. The Labute approximate surface area is 145 Å². The van der Waals surface area contributed by atoms with Crippen molar-refractivity contribution in [3.8, 4) is 0 Å². The van der Waals surface area contributed by atoms with Gasteiger partial charge in [-0.15, -0.1) is 11.3 Å². The largest absolute Gasteiger partial charge is 0.326 e. The molecule has 0 bridgehead atoms. The normalized spacial score (nSPS) is 28.0. The number of nitrogens with one attached hydrogen (secondary N) is 1. The molecule has 0 radical (unpaired) electrons. The van der Waals surface area contributed by atoms with E-state index in [0.717, 1.165) is 34.9 Å². The smallest absolute Gasteiger partial charge is 0.323 e. The van der Waals surface area contributed by atoms with E-state index >= 15 is 0 Å². The van der Waals surface area contributed by atoms with E-state index in [9.17, 15) is 9.59 Å². The number of nitrogens with zero attached hydrogens (tertiary/aromatic N) is 2. The highest BCUT2D eigenvalue weighted by Gasteiger charge is 2.52. The Morgan fingerprint density at radius 3 is 2.70 bits per heavy atom. The first-order chi connectivity index (χ1) is 10.9. The monoisotopic (exact) mass is 355 g/mol. The van der Waals surface area contributed by atoms with Crippen molar-refractivity contribution in [2.45, 2.75) is 44.7 Å². The quantitative estimate of drug-likeness (QED) is 0.843. The molecule has 2 heterocycles. The number of carbonyl (C=O) groups is 2. The summed E-state index contributed by atoms with van der Waals surface area (Å²) in [4.78, 5) is 29.5. The summed E-state index contributed by atoms with van der Waals surface area (Å²) >= 11 is 7.46. The van der Waals surface area contributed by atoms with Crippen LogP contribution in [0.25, 0.3) is 0 Å². The number of amides is 3. The summed E-state index contributed by atoms with van der Waals surface area (Å²) in [7, 11) is 1.90. The molecule has 1 saturated carbocycles. The third kappa shape index (κ3) is 3.39. The zero-order chi connectivity index (χ0) is 16.6. The van der Waals surface area contributed by atoms with E-state index in [2.05, 4.69) is 12.2 Å². The van der Waals surface area contributed by atoms with Crippen molar-refractivity contribution < 1.29 is 9.59 Å². The van der Waals surface area contributed by atoms with Crippen LogP contribution in [0.5, 0.6) is 0 Å². The Kier molecular flexibility index (Phi) is 4.67. The maximum atomic E-state index is 12.8. The van der Waals surface area contributed by atoms with Crippen molar-refractivity contribution in [2.24, 2.45) is 5.92 Å². The molecule has 1 N–H and O–H groups in total. The van der Waals surface area contributed by atoms with Gasteiger partial charge >= 0.3 is 6.03 Å². The summed E-state index contributed by atoms with van der Waals surface area (Å²) in [6.45, 7) is 3.17. The molecule has 5 nitrogen and oxygen atoms in total. The second kappa shape index (κ2) is 6.42. The predicted octanol–water partition coefficient (Wildman–Crippen LogP) is 3.29. The number of carbonyl (C=O) groups excluding carboxylic acids is 2. The van der Waals surface area contributed by atoms with Gasteiger partial charge in [-0.1, -0.05) is 18.5 Å². The van der Waals surface area contributed by atoms with Gasteiger partial charge in [-0.05, 0) is 50.8 Å². The Balaban J connectivity index is 1.63. The zero-order valence-electron chi connectivity index (χ0n) is 13.5. The summed E-state index contributed by atoms with van der Waals surface area (Å²) in [5, 5.41) is 2.96. The maximum absolute atomic E-state index is 12.8. The number of urea groups is 1. The minimum atomic E-state index is -0.656. The van der Waals surface area contributed by atoms with Gasteiger partial charge in [-0.2, -0.15) is 0 Å². The molecule has 7 heteroatoms. The van der Waals surface area contributed by atoms with Gasteiger partial charge in [0.2, 0.25) is 0 Å². The average Bonchev–Trinajstić information content (AvgIpc) is 3.00. The number of thiophene rings is 1. The molecule has 3 rings (SSSR count). The molecular weight excluding hydrogens is 334 g/mol. The Bertz CT molecular complexity index is 610. The first-order valence-electron chi connectivity index (χ1n) is 7.96. The van der Waals surface area contributed by atoms with Gasteiger partial charge in [0.25, 0.3) is 5.91 Å². The molecule has 0 atom stereocenters. The van der Waals surface area contributed by atoms with Gasteiger partial charge in [0, 0.05) is 11.4 Å². The summed E-state index contributed by atoms with van der Waals surface area (Å²) in [6.07, 6.45) is 3.48. The van der Waals surface area contributed by atoms with Crippen LogP contribution >= 0.6 is 22.9 Å². The minimum absolute atomic E-state index is 0.0644. The van der Waals surface area contributed by atoms with Gasteiger partial charge < -0.3 is 5.32 Å². The lowest BCUT2D eigenvalue weighted by molar-refractivity contribution is -0.134. The van der Waals surface area contributed by atoms with E-state index in [1.54, 1.807) is 0 Å². The third-order valence-corrected chi connectivity index (χ3v) is 6.03. The first kappa shape index (κ1) is 16.7. The van der Waals surface area contributed by atoms with Crippen LogP contribution in [0.15, 0.2) is 12.1 Å². The zero-order valence-corrected chi connectivity index (χ0v) is 15.0. The molecule has 0 unspecified atom stereocenters. The van der Waals surface area contributed by atoms with Crippen LogP contribution in [-0.4, -0.2) is 41.0 Å². The topological polar surface area (TPSA) is 52.7 Å². The van der Waals surface area contributed by atoms with E-state index in [4.69, 9.17) is 11.6 Å². The maximum Gasteiger partial charge on any atom is 0.326 e. The first-order valence-corrected chi connectivity index (χ1v) is 9.16. The van der Waals surface area contributed by atoms with Crippen molar-refractivity contribution in [3.05, 3.63) is 21.3 Å². The number of halogens is 1. The fraction of sp³-hybridized carbons (Fsp3) is 0.625. The molecule has 1 saturated heterocycles. The second-order valence-corrected chi connectivity index (χ2v) is 8.59. The minimum Gasteiger partial charge on any atom is -0.323 e. The molecule has 23 heavy (non-hydrogen) atoms. The lowest BCUT2D eigenvalue weighted by atomic mass is 9.77. The lowest BCUT2D eigenvalue weighted by Crippen LogP contribution is -2.49. The van der Waals surface area contributed by atoms with Gasteiger partial charge in [0.1, 0.15) is 5.54 Å². The van der Waals surface area contributed by atoms with Gasteiger partial charge in [0.15, 0.2) is 0 Å². The molecule has 1 spiro atoms. The summed E-state index contributed by atoms with van der Waals surface area (Å²) in [5.41, 5.74) is -0.656. The van der Waals surface area contributed by atoms with Crippen LogP contribution in [0.2, 0.25) is 4.34 Å². The highest BCUT2D eigenvalue weighted by atomic mass is 35.5. The number of rotatable bonds is 4. The molecule has 1 aliphatic heterocycles. The van der Waals surface area contributed by atoms with E-state index in [-0.39, 0.29) is 11.9 Å². The standard InChI is InChI=1S/C16H22ClN3O2S/c1-11-5-7-16(8-6-11)14(21)20(15(22)18-16)10-19(2)9-12-3-4-13(17)23-12/h3-4,11H,5-10H2,1-2H3,(H,18,22). The number of hydrogen-bond donors (Lipinski definition) is 1. The lowest BCUT2D eigenvalue weighted by Gasteiger charge is -2.33. The fourth-order valence-corrected chi connectivity index (χ4v) is 4.56. The van der Waals surface area contributed by atoms with Crippen molar-refractivity contribution in [1.29, 1.82) is 0 Å². The van der Waals surface area contributed by atoms with Gasteiger partial charge in [-0.3, -0.25) is 9.69 Å². The molecule has 126 valence electrons. The Morgan fingerprint density at radius 1 is 1.39 bits per heavy atom. The Morgan fingerprint density at radius 2 is 2.09 bits per heavy atom. The number of hydrogen-bond acceptors (Lipinski definition) is 4. The van der Waals surface area contributed by atoms with E-state index in [1.165, 1.54) is 16.2 Å². The third-order valence-electron chi connectivity index (χ3n) is 4.81. The molecule has 1 aromatic rings. The molecule has 1 aromatic heterocycles. The summed E-state index contributed by atoms with van der Waals surface area (Å²) in [5.74, 6) is 0.566. The molecular formula is C16H22ClN3O2S. The van der Waals surface area contributed by atoms with Crippen LogP contribution < -0.4 is 5.32 Å². The molecule has 0 aromatic carbocycles. The predicted molar refractivity (Wildman–Crippen MR) is 91.4 cm³/mol. The van der Waals surface area contributed by atoms with Crippen molar-refractivity contribution in [2.75, 3.05) is 13.7 Å². The van der Waals surface area contributed by atoms with Crippen molar-refractivity contribution in [1.82, 2.24) is 15.1 Å². The molecule has 2 aliphatic rings. The van der Waals surface area contributed by atoms with E-state index < -0.39 is 5.54 Å². The van der Waals surface area contributed by atoms with Crippen LogP contribution in [0.3, 0.4) is 0 Å². The molecule has 2 fully saturated rings. The van der Waals surface area contributed by atoms with Crippen LogP contribution in [-0.2, 0) is 11.3 Å². The van der Waals surface area contributed by atoms with Gasteiger partial charge in [-0.25, -0.2) is 9.69 Å². The van der Waals surface area contributed by atoms with E-state index in [1.807, 2.05) is 24.1 Å². The van der Waals surface area contributed by atoms with E-state index in [0.29, 0.717) is 19.1 Å². The van der Waals surface area contributed by atoms with Crippen LogP contribution in [0.4, 0.5) is 4.79 Å². The van der Waals surface area contributed by atoms with Crippen LogP contribution in [0, 0.1) is 5.92 Å². The highest BCUT2D eigenvalue weighted by Crippen LogP contribution is 2.36. The second-order valence-electron chi connectivity index (χ2n) is 6.79. The summed E-state index contributed by atoms with van der Waals surface area (Å²) < 4.78 is 0.749. The molecule has 1 aliphatic carbocycles. The summed E-state index contributed by atoms with van der Waals surface area (Å²) in [6, 6.07) is 3.57. The van der Waals surface area contributed by atoms with Crippen molar-refractivity contribution in [3.63, 3.8) is 0 Å². The van der Waals surface area contributed by atoms with Gasteiger partial charge in [0.05, 0.1) is 11.0 Å². The highest BCUT2D eigenvalue weighted by molar-refractivity contribution is 7.16. The van der Waals surface area contributed by atoms with Crippen LogP contribution in [0.1, 0.15) is 37.5 Å². The van der Waals surface area contributed by atoms with Crippen molar-refractivity contribution >= 4 is 34.9 Å². The number of imide groups is 1. The Hall–Kier alpha value is -1.11. The SMILES string of the molecule is CC1CCC2(CC1)NC(=O)N(CN(C)Cc1ccc(Cl)s1)C2=O.